The normalized spacial score (nSPS) is 12.4. The number of hydrogen-bond donors (Lipinski definition) is 2. The molecule has 0 aromatic heterocycles. The fourth-order valence-corrected chi connectivity index (χ4v) is 3.09. The van der Waals surface area contributed by atoms with Crippen LogP contribution in [-0.2, 0) is 6.42 Å². The van der Waals surface area contributed by atoms with Gasteiger partial charge in [0.1, 0.15) is 5.82 Å². The summed E-state index contributed by atoms with van der Waals surface area (Å²) in [7, 11) is 0. The average molecular weight is 337 g/mol. The molecule has 0 aliphatic carbocycles. The molecule has 0 fully saturated rings. The van der Waals surface area contributed by atoms with Gasteiger partial charge in [0.25, 0.3) is 0 Å². The smallest absolute Gasteiger partial charge is 0.124 e. The third kappa shape index (κ3) is 3.66. The van der Waals surface area contributed by atoms with Crippen LogP contribution in [0.4, 0.5) is 4.39 Å². The molecule has 0 spiro atoms. The van der Waals surface area contributed by atoms with Gasteiger partial charge in [-0.25, -0.2) is 4.39 Å². The van der Waals surface area contributed by atoms with E-state index in [2.05, 4.69) is 53.4 Å². The second-order valence-corrected chi connectivity index (χ2v) is 5.94. The number of hydrazine groups is 1. The van der Waals surface area contributed by atoms with Crippen molar-refractivity contribution in [1.29, 1.82) is 0 Å². The second-order valence-electron chi connectivity index (χ2n) is 5.09. The number of hydrogen-bond acceptors (Lipinski definition) is 2. The minimum absolute atomic E-state index is 0.0637. The van der Waals surface area contributed by atoms with Crippen LogP contribution in [0.5, 0.6) is 0 Å². The molecule has 0 saturated carbocycles. The van der Waals surface area contributed by atoms with Crippen LogP contribution in [0.15, 0.2) is 40.9 Å². The van der Waals surface area contributed by atoms with E-state index in [0.717, 1.165) is 16.5 Å². The fraction of sp³-hybridized carbons (Fsp3) is 0.250. The molecule has 0 aliphatic heterocycles. The van der Waals surface area contributed by atoms with Crippen molar-refractivity contribution in [1.82, 2.24) is 5.43 Å². The van der Waals surface area contributed by atoms with Crippen molar-refractivity contribution in [3.8, 4) is 0 Å². The van der Waals surface area contributed by atoms with Gasteiger partial charge in [-0.2, -0.15) is 0 Å². The van der Waals surface area contributed by atoms with Crippen molar-refractivity contribution in [2.75, 3.05) is 0 Å². The van der Waals surface area contributed by atoms with E-state index in [1.165, 1.54) is 28.8 Å². The van der Waals surface area contributed by atoms with Gasteiger partial charge in [0.2, 0.25) is 0 Å². The Bertz CT molecular complexity index is 593. The maximum Gasteiger partial charge on any atom is 0.124 e. The van der Waals surface area contributed by atoms with Gasteiger partial charge >= 0.3 is 0 Å². The number of nitrogens with two attached hydrogens (primary N) is 1. The van der Waals surface area contributed by atoms with E-state index in [-0.39, 0.29) is 11.9 Å². The number of aryl methyl sites for hydroxylation is 2. The molecular formula is C16H18BrFN2. The highest BCUT2D eigenvalue weighted by molar-refractivity contribution is 9.10. The predicted octanol–water partition coefficient (Wildman–Crippen LogP) is 3.95. The van der Waals surface area contributed by atoms with Crippen molar-refractivity contribution in [3.63, 3.8) is 0 Å². The highest BCUT2D eigenvalue weighted by atomic mass is 79.9. The van der Waals surface area contributed by atoms with Crippen LogP contribution in [0, 0.1) is 19.7 Å². The highest BCUT2D eigenvalue weighted by Gasteiger charge is 2.14. The highest BCUT2D eigenvalue weighted by Crippen LogP contribution is 2.27. The molecule has 2 aromatic rings. The summed E-state index contributed by atoms with van der Waals surface area (Å²) in [6, 6.07) is 11.0. The maximum atomic E-state index is 13.2. The van der Waals surface area contributed by atoms with Crippen LogP contribution in [0.1, 0.15) is 28.3 Å². The number of halogens is 2. The summed E-state index contributed by atoms with van der Waals surface area (Å²) >= 11 is 3.40. The van der Waals surface area contributed by atoms with E-state index in [9.17, 15) is 4.39 Å². The van der Waals surface area contributed by atoms with Crippen molar-refractivity contribution < 1.29 is 4.39 Å². The van der Waals surface area contributed by atoms with Gasteiger partial charge in [-0.1, -0.05) is 51.3 Å². The van der Waals surface area contributed by atoms with Gasteiger partial charge < -0.3 is 0 Å². The summed E-state index contributed by atoms with van der Waals surface area (Å²) in [5.74, 6) is 5.41. The Morgan fingerprint density at radius 3 is 2.35 bits per heavy atom. The molecule has 0 saturated heterocycles. The summed E-state index contributed by atoms with van der Waals surface area (Å²) in [6.45, 7) is 4.16. The summed E-state index contributed by atoms with van der Waals surface area (Å²) in [6.07, 6.45) is 0.753. The first-order valence-corrected chi connectivity index (χ1v) is 7.27. The van der Waals surface area contributed by atoms with Gasteiger partial charge in [-0.3, -0.25) is 11.3 Å². The quantitative estimate of drug-likeness (QED) is 0.655. The molecule has 0 aliphatic rings. The lowest BCUT2D eigenvalue weighted by atomic mass is 9.97. The molecule has 106 valence electrons. The minimum atomic E-state index is -0.261. The third-order valence-corrected chi connectivity index (χ3v) is 3.95. The average Bonchev–Trinajstić information content (AvgIpc) is 2.35. The molecule has 2 aromatic carbocycles. The van der Waals surface area contributed by atoms with Crippen LogP contribution < -0.4 is 11.3 Å². The van der Waals surface area contributed by atoms with E-state index >= 15 is 0 Å². The summed E-state index contributed by atoms with van der Waals surface area (Å²) in [4.78, 5) is 0. The predicted molar refractivity (Wildman–Crippen MR) is 83.8 cm³/mol. The van der Waals surface area contributed by atoms with Gasteiger partial charge in [-0.15, -0.1) is 0 Å². The monoisotopic (exact) mass is 336 g/mol. The van der Waals surface area contributed by atoms with Crippen molar-refractivity contribution in [2.45, 2.75) is 26.3 Å². The lowest BCUT2D eigenvalue weighted by molar-refractivity contribution is 0.546. The lowest BCUT2D eigenvalue weighted by Gasteiger charge is -2.18. The molecule has 20 heavy (non-hydrogen) atoms. The SMILES string of the molecule is Cc1cc(C)cc(CC(NN)c2ccc(F)cc2Br)c1. The molecule has 0 bridgehead atoms. The fourth-order valence-electron chi connectivity index (χ4n) is 2.47. The molecular weight excluding hydrogens is 319 g/mol. The van der Waals surface area contributed by atoms with Crippen molar-refractivity contribution >= 4 is 15.9 Å². The van der Waals surface area contributed by atoms with E-state index < -0.39 is 0 Å². The lowest BCUT2D eigenvalue weighted by Crippen LogP contribution is -2.30. The third-order valence-electron chi connectivity index (χ3n) is 3.26. The number of nitrogens with one attached hydrogen (secondary N) is 1. The van der Waals surface area contributed by atoms with E-state index in [0.29, 0.717) is 0 Å². The Hall–Kier alpha value is -1.23. The summed E-state index contributed by atoms with van der Waals surface area (Å²) in [5.41, 5.74) is 7.44. The Morgan fingerprint density at radius 2 is 1.80 bits per heavy atom. The number of rotatable bonds is 4. The standard InChI is InChI=1S/C16H18BrFN2/c1-10-5-11(2)7-12(6-10)8-16(20-19)14-4-3-13(18)9-15(14)17/h3-7,9,16,20H,8,19H2,1-2H3. The first kappa shape index (κ1) is 15.2. The van der Waals surface area contributed by atoms with E-state index in [1.807, 2.05) is 0 Å². The Balaban J connectivity index is 2.28. The van der Waals surface area contributed by atoms with Crippen LogP contribution in [-0.4, -0.2) is 0 Å². The topological polar surface area (TPSA) is 38.0 Å². The minimum Gasteiger partial charge on any atom is -0.271 e. The van der Waals surface area contributed by atoms with Crippen molar-refractivity contribution in [2.24, 2.45) is 5.84 Å². The van der Waals surface area contributed by atoms with Gasteiger partial charge in [-0.05, 0) is 43.5 Å². The molecule has 4 heteroatoms. The summed E-state index contributed by atoms with van der Waals surface area (Å²) in [5, 5.41) is 0. The molecule has 1 unspecified atom stereocenters. The number of benzene rings is 2. The van der Waals surface area contributed by atoms with Crippen LogP contribution in [0.2, 0.25) is 0 Å². The molecule has 3 N–H and O–H groups in total. The Morgan fingerprint density at radius 1 is 1.15 bits per heavy atom. The summed E-state index contributed by atoms with van der Waals surface area (Å²) < 4.78 is 13.9. The van der Waals surface area contributed by atoms with Gasteiger partial charge in [0, 0.05) is 4.47 Å². The molecule has 0 radical (unpaired) electrons. The molecule has 0 heterocycles. The zero-order chi connectivity index (χ0) is 14.7. The first-order chi connectivity index (χ1) is 9.49. The largest absolute Gasteiger partial charge is 0.271 e. The molecule has 2 nitrogen and oxygen atoms in total. The van der Waals surface area contributed by atoms with E-state index in [1.54, 1.807) is 6.07 Å². The molecule has 1 atom stereocenters. The van der Waals surface area contributed by atoms with Crippen LogP contribution in [0.3, 0.4) is 0 Å². The van der Waals surface area contributed by atoms with Crippen LogP contribution >= 0.6 is 15.9 Å². The molecule has 2 rings (SSSR count). The van der Waals surface area contributed by atoms with Crippen molar-refractivity contribution in [3.05, 3.63) is 68.9 Å². The Kier molecular flexibility index (Phi) is 4.91. The zero-order valence-electron chi connectivity index (χ0n) is 11.6. The van der Waals surface area contributed by atoms with Crippen LogP contribution in [0.25, 0.3) is 0 Å². The zero-order valence-corrected chi connectivity index (χ0v) is 13.2. The second kappa shape index (κ2) is 6.48. The van der Waals surface area contributed by atoms with E-state index in [4.69, 9.17) is 5.84 Å². The maximum absolute atomic E-state index is 13.2. The molecule has 0 amide bonds. The first-order valence-electron chi connectivity index (χ1n) is 6.48. The Labute approximate surface area is 127 Å². The van der Waals surface area contributed by atoms with Gasteiger partial charge in [0.05, 0.1) is 6.04 Å². The van der Waals surface area contributed by atoms with Gasteiger partial charge in [0.15, 0.2) is 0 Å².